The fourth-order valence-electron chi connectivity index (χ4n) is 1.89. The number of anilines is 1. The average Bonchev–Trinajstić information content (AvgIpc) is 3.13. The first-order chi connectivity index (χ1) is 8.88. The summed E-state index contributed by atoms with van der Waals surface area (Å²) in [6, 6.07) is 4.15. The van der Waals surface area contributed by atoms with E-state index in [4.69, 9.17) is 10.5 Å². The number of hydrogen-bond donors (Lipinski definition) is 1. The van der Waals surface area contributed by atoms with Gasteiger partial charge in [0.1, 0.15) is 12.4 Å². The molecular weight excluding hydrogens is 257 g/mol. The van der Waals surface area contributed by atoms with Gasteiger partial charge in [0.05, 0.1) is 5.56 Å². The minimum atomic E-state index is -4.45. The Morgan fingerprint density at radius 3 is 2.63 bits per heavy atom. The van der Waals surface area contributed by atoms with Gasteiger partial charge >= 0.3 is 6.18 Å². The molecule has 0 bridgehead atoms. The molecule has 0 amide bonds. The quantitative estimate of drug-likeness (QED) is 0.839. The van der Waals surface area contributed by atoms with Gasteiger partial charge in [-0.15, -0.1) is 0 Å². The van der Waals surface area contributed by atoms with Gasteiger partial charge in [0, 0.05) is 18.3 Å². The van der Waals surface area contributed by atoms with Gasteiger partial charge in [0.15, 0.2) is 0 Å². The number of nitrogens with two attached hydrogens (primary N) is 1. The first kappa shape index (κ1) is 14.0. The Kier molecular flexibility index (Phi) is 3.89. The Bertz CT molecular complexity index is 444. The Balaban J connectivity index is 1.98. The summed E-state index contributed by atoms with van der Waals surface area (Å²) in [5.41, 5.74) is 4.65. The average molecular weight is 274 g/mol. The maximum atomic E-state index is 12.8. The molecule has 1 aliphatic carbocycles. The molecule has 0 unspecified atom stereocenters. The van der Waals surface area contributed by atoms with Crippen molar-refractivity contribution >= 4 is 5.69 Å². The van der Waals surface area contributed by atoms with E-state index in [1.165, 1.54) is 12.1 Å². The molecule has 2 N–H and O–H groups in total. The van der Waals surface area contributed by atoms with E-state index in [1.54, 1.807) is 0 Å². The van der Waals surface area contributed by atoms with E-state index in [0.717, 1.165) is 18.9 Å². The van der Waals surface area contributed by atoms with Gasteiger partial charge in [0.25, 0.3) is 0 Å². The molecule has 1 aliphatic rings. The zero-order chi connectivity index (χ0) is 14.0. The molecule has 1 fully saturated rings. The molecule has 106 valence electrons. The summed E-state index contributed by atoms with van der Waals surface area (Å²) in [5, 5.41) is 0. The zero-order valence-electron chi connectivity index (χ0n) is 10.7. The maximum Gasteiger partial charge on any atom is 0.420 e. The van der Waals surface area contributed by atoms with Crippen LogP contribution in [0.5, 0.6) is 5.75 Å². The second-order valence-electron chi connectivity index (χ2n) is 4.81. The number of alkyl halides is 3. The zero-order valence-corrected chi connectivity index (χ0v) is 10.7. The van der Waals surface area contributed by atoms with Crippen molar-refractivity contribution in [2.75, 3.05) is 25.9 Å². The van der Waals surface area contributed by atoms with E-state index >= 15 is 0 Å². The molecule has 6 heteroatoms. The summed E-state index contributed by atoms with van der Waals surface area (Å²) in [7, 11) is 1.95. The Labute approximate surface area is 110 Å². The van der Waals surface area contributed by atoms with Crippen LogP contribution in [0.1, 0.15) is 18.4 Å². The molecule has 1 aromatic rings. The number of likely N-dealkylation sites (N-methyl/N-ethyl adjacent to an activating group) is 1. The topological polar surface area (TPSA) is 38.5 Å². The fourth-order valence-corrected chi connectivity index (χ4v) is 1.89. The number of nitrogens with zero attached hydrogens (tertiary/aromatic N) is 1. The molecule has 0 atom stereocenters. The van der Waals surface area contributed by atoms with Gasteiger partial charge in [-0.1, -0.05) is 0 Å². The van der Waals surface area contributed by atoms with Crippen LogP contribution in [0.3, 0.4) is 0 Å². The van der Waals surface area contributed by atoms with Gasteiger partial charge in [-0.05, 0) is 38.1 Å². The molecule has 0 saturated heterocycles. The number of halogens is 3. The van der Waals surface area contributed by atoms with Crippen molar-refractivity contribution in [1.82, 2.24) is 4.90 Å². The van der Waals surface area contributed by atoms with Crippen LogP contribution in [0, 0.1) is 0 Å². The van der Waals surface area contributed by atoms with E-state index in [0.29, 0.717) is 12.6 Å². The maximum absolute atomic E-state index is 12.8. The molecule has 3 nitrogen and oxygen atoms in total. The standard InChI is InChI=1S/C13H17F3N2O/c1-18(10-3-4-10)6-7-19-12-5-2-9(17)8-11(12)13(14,15)16/h2,5,8,10H,3-4,6-7,17H2,1H3. The van der Waals surface area contributed by atoms with E-state index in [-0.39, 0.29) is 18.0 Å². The highest BCUT2D eigenvalue weighted by Gasteiger charge is 2.34. The molecular formula is C13H17F3N2O. The molecule has 0 aliphatic heterocycles. The number of hydrogen-bond acceptors (Lipinski definition) is 3. The van der Waals surface area contributed by atoms with Crippen molar-refractivity contribution in [3.63, 3.8) is 0 Å². The van der Waals surface area contributed by atoms with Crippen molar-refractivity contribution < 1.29 is 17.9 Å². The van der Waals surface area contributed by atoms with Crippen molar-refractivity contribution in [1.29, 1.82) is 0 Å². The largest absolute Gasteiger partial charge is 0.492 e. The lowest BCUT2D eigenvalue weighted by molar-refractivity contribution is -0.138. The summed E-state index contributed by atoms with van der Waals surface area (Å²) in [5.74, 6) is -0.161. The fraction of sp³-hybridized carbons (Fsp3) is 0.538. The minimum absolute atomic E-state index is 0.0785. The van der Waals surface area contributed by atoms with Crippen LogP contribution in [0.4, 0.5) is 18.9 Å². The second kappa shape index (κ2) is 5.28. The van der Waals surface area contributed by atoms with Gasteiger partial charge in [0.2, 0.25) is 0 Å². The van der Waals surface area contributed by atoms with Gasteiger partial charge in [-0.25, -0.2) is 0 Å². The van der Waals surface area contributed by atoms with Gasteiger partial charge in [-0.3, -0.25) is 0 Å². The molecule has 1 aromatic carbocycles. The molecule has 0 aromatic heterocycles. The van der Waals surface area contributed by atoms with E-state index in [2.05, 4.69) is 4.90 Å². The number of benzene rings is 1. The number of rotatable bonds is 5. The lowest BCUT2D eigenvalue weighted by Crippen LogP contribution is -2.26. The summed E-state index contributed by atoms with van der Waals surface area (Å²) < 4.78 is 43.7. The summed E-state index contributed by atoms with van der Waals surface area (Å²) in [4.78, 5) is 2.10. The second-order valence-corrected chi connectivity index (χ2v) is 4.81. The summed E-state index contributed by atoms with van der Waals surface area (Å²) >= 11 is 0. The monoisotopic (exact) mass is 274 g/mol. The Morgan fingerprint density at radius 1 is 1.37 bits per heavy atom. The highest BCUT2D eigenvalue weighted by atomic mass is 19.4. The number of ether oxygens (including phenoxy) is 1. The van der Waals surface area contributed by atoms with Crippen LogP contribution < -0.4 is 10.5 Å². The predicted octanol–water partition coefficient (Wildman–Crippen LogP) is 2.76. The van der Waals surface area contributed by atoms with Crippen LogP contribution in [-0.4, -0.2) is 31.1 Å². The Morgan fingerprint density at radius 2 is 2.05 bits per heavy atom. The third-order valence-electron chi connectivity index (χ3n) is 3.18. The van der Waals surface area contributed by atoms with E-state index in [1.807, 2.05) is 7.05 Å². The first-order valence-electron chi connectivity index (χ1n) is 6.17. The third kappa shape index (κ3) is 3.76. The first-order valence-corrected chi connectivity index (χ1v) is 6.17. The molecule has 19 heavy (non-hydrogen) atoms. The molecule has 0 spiro atoms. The highest BCUT2D eigenvalue weighted by molar-refractivity contribution is 5.49. The summed E-state index contributed by atoms with van der Waals surface area (Å²) in [6.45, 7) is 0.854. The highest BCUT2D eigenvalue weighted by Crippen LogP contribution is 2.37. The lowest BCUT2D eigenvalue weighted by atomic mass is 10.1. The number of nitrogen functional groups attached to an aromatic ring is 1. The van der Waals surface area contributed by atoms with Gasteiger partial charge in [-0.2, -0.15) is 13.2 Å². The predicted molar refractivity (Wildman–Crippen MR) is 67.0 cm³/mol. The molecule has 2 rings (SSSR count). The SMILES string of the molecule is CN(CCOc1ccc(N)cc1C(F)(F)F)C1CC1. The van der Waals surface area contributed by atoms with E-state index in [9.17, 15) is 13.2 Å². The van der Waals surface area contributed by atoms with E-state index < -0.39 is 11.7 Å². The van der Waals surface area contributed by atoms with Crippen molar-refractivity contribution in [3.8, 4) is 5.75 Å². The molecule has 1 saturated carbocycles. The van der Waals surface area contributed by atoms with Crippen molar-refractivity contribution in [2.45, 2.75) is 25.1 Å². The van der Waals surface area contributed by atoms with Crippen LogP contribution in [0.15, 0.2) is 18.2 Å². The third-order valence-corrected chi connectivity index (χ3v) is 3.18. The Hall–Kier alpha value is -1.43. The van der Waals surface area contributed by atoms with Crippen LogP contribution >= 0.6 is 0 Å². The van der Waals surface area contributed by atoms with Crippen molar-refractivity contribution in [2.24, 2.45) is 0 Å². The summed E-state index contributed by atoms with van der Waals surface area (Å²) in [6.07, 6.45) is -2.13. The van der Waals surface area contributed by atoms with Crippen LogP contribution in [0.2, 0.25) is 0 Å². The van der Waals surface area contributed by atoms with Gasteiger partial charge < -0.3 is 15.4 Å². The van der Waals surface area contributed by atoms with Crippen LogP contribution in [0.25, 0.3) is 0 Å². The van der Waals surface area contributed by atoms with Crippen LogP contribution in [-0.2, 0) is 6.18 Å². The smallest absolute Gasteiger partial charge is 0.420 e. The normalized spacial score (nSPS) is 15.8. The lowest BCUT2D eigenvalue weighted by Gasteiger charge is -2.18. The minimum Gasteiger partial charge on any atom is -0.492 e. The van der Waals surface area contributed by atoms with Crippen molar-refractivity contribution in [3.05, 3.63) is 23.8 Å². The molecule has 0 heterocycles. The molecule has 0 radical (unpaired) electrons.